The Morgan fingerprint density at radius 2 is 1.76 bits per heavy atom. The predicted octanol–water partition coefficient (Wildman–Crippen LogP) is 2.99. The lowest BCUT2D eigenvalue weighted by Crippen LogP contribution is -2.45. The van der Waals surface area contributed by atoms with Crippen molar-refractivity contribution in [3.63, 3.8) is 0 Å². The molecule has 1 aromatic carbocycles. The first kappa shape index (κ1) is 21.3. The fraction of sp³-hybridized carbons (Fsp3) is 0.375. The summed E-state index contributed by atoms with van der Waals surface area (Å²) in [7, 11) is 0. The van der Waals surface area contributed by atoms with E-state index in [1.807, 2.05) is 12.4 Å². The highest BCUT2D eigenvalue weighted by Crippen LogP contribution is 2.41. The number of hydrogen-bond donors (Lipinski definition) is 1. The molecule has 1 N–H and O–H groups in total. The summed E-state index contributed by atoms with van der Waals surface area (Å²) < 4.78 is 1.13. The molecule has 1 amide bonds. The van der Waals surface area contributed by atoms with E-state index in [2.05, 4.69) is 44.2 Å². The molecule has 170 valence electrons. The van der Waals surface area contributed by atoms with E-state index in [4.69, 9.17) is 5.11 Å². The number of carbonyl (C=O) groups is 2. The standard InChI is InChI=1S/C24H26N6O3/c31-22(32)21-4-8-30(27-21)23(33)29-10-6-24(7-11-29)5-9-28(16-24)15-18-2-1-3-19(12-18)20-13-25-17-26-14-20/h1-4,8,12-14,17H,5-7,9-11,15-16H2,(H,31,32). The number of amides is 1. The van der Waals surface area contributed by atoms with Gasteiger partial charge in [0.05, 0.1) is 0 Å². The van der Waals surface area contributed by atoms with E-state index in [-0.39, 0.29) is 17.1 Å². The van der Waals surface area contributed by atoms with Crippen LogP contribution in [-0.2, 0) is 6.54 Å². The zero-order valence-electron chi connectivity index (χ0n) is 18.3. The van der Waals surface area contributed by atoms with Gasteiger partial charge in [0.1, 0.15) is 6.33 Å². The van der Waals surface area contributed by atoms with E-state index in [9.17, 15) is 9.59 Å². The Labute approximate surface area is 191 Å². The molecule has 9 nitrogen and oxygen atoms in total. The molecule has 0 saturated carbocycles. The summed E-state index contributed by atoms with van der Waals surface area (Å²) >= 11 is 0. The largest absolute Gasteiger partial charge is 0.476 e. The topological polar surface area (TPSA) is 104 Å². The van der Waals surface area contributed by atoms with Crippen LogP contribution in [0.15, 0.2) is 55.2 Å². The Morgan fingerprint density at radius 1 is 1.00 bits per heavy atom. The van der Waals surface area contributed by atoms with Crippen molar-refractivity contribution in [2.75, 3.05) is 26.2 Å². The predicted molar refractivity (Wildman–Crippen MR) is 121 cm³/mol. The lowest BCUT2D eigenvalue weighted by molar-refractivity contribution is 0.0689. The average Bonchev–Trinajstić information content (AvgIpc) is 3.48. The van der Waals surface area contributed by atoms with Gasteiger partial charge in [0, 0.05) is 50.3 Å². The van der Waals surface area contributed by atoms with Crippen molar-refractivity contribution in [1.82, 2.24) is 29.5 Å². The van der Waals surface area contributed by atoms with Crippen LogP contribution in [0, 0.1) is 5.41 Å². The minimum Gasteiger partial charge on any atom is -0.476 e. The van der Waals surface area contributed by atoms with Crippen molar-refractivity contribution in [1.29, 1.82) is 0 Å². The van der Waals surface area contributed by atoms with Crippen LogP contribution in [-0.4, -0.2) is 72.8 Å². The maximum atomic E-state index is 12.7. The van der Waals surface area contributed by atoms with E-state index in [1.54, 1.807) is 4.90 Å². The summed E-state index contributed by atoms with van der Waals surface area (Å²) in [6.45, 7) is 4.31. The molecule has 3 aromatic rings. The van der Waals surface area contributed by atoms with Crippen molar-refractivity contribution in [3.8, 4) is 11.1 Å². The number of benzene rings is 1. The number of aromatic nitrogens is 4. The molecule has 2 fully saturated rings. The van der Waals surface area contributed by atoms with Crippen LogP contribution in [0.5, 0.6) is 0 Å². The molecule has 0 aliphatic carbocycles. The molecule has 4 heterocycles. The number of aromatic carboxylic acids is 1. The van der Waals surface area contributed by atoms with Crippen LogP contribution in [0.2, 0.25) is 0 Å². The summed E-state index contributed by atoms with van der Waals surface area (Å²) in [6.07, 6.45) is 9.65. The van der Waals surface area contributed by atoms with Crippen LogP contribution in [0.4, 0.5) is 4.79 Å². The number of hydrogen-bond acceptors (Lipinski definition) is 6. The van der Waals surface area contributed by atoms with Gasteiger partial charge >= 0.3 is 12.0 Å². The van der Waals surface area contributed by atoms with E-state index in [0.29, 0.717) is 13.1 Å². The Kier molecular flexibility index (Phi) is 5.63. The molecule has 5 rings (SSSR count). The summed E-state index contributed by atoms with van der Waals surface area (Å²) in [4.78, 5) is 36.2. The molecular weight excluding hydrogens is 420 g/mol. The first-order chi connectivity index (χ1) is 16.0. The van der Waals surface area contributed by atoms with Gasteiger partial charge in [-0.1, -0.05) is 18.2 Å². The minimum atomic E-state index is -1.13. The molecule has 0 bridgehead atoms. The fourth-order valence-corrected chi connectivity index (χ4v) is 4.99. The molecule has 2 saturated heterocycles. The number of piperidine rings is 1. The maximum Gasteiger partial charge on any atom is 0.356 e. The fourth-order valence-electron chi connectivity index (χ4n) is 4.99. The lowest BCUT2D eigenvalue weighted by atomic mass is 9.78. The lowest BCUT2D eigenvalue weighted by Gasteiger charge is -2.39. The van der Waals surface area contributed by atoms with Crippen molar-refractivity contribution in [3.05, 3.63) is 66.5 Å². The van der Waals surface area contributed by atoms with Gasteiger partial charge in [-0.2, -0.15) is 9.78 Å². The van der Waals surface area contributed by atoms with Crippen molar-refractivity contribution in [2.45, 2.75) is 25.8 Å². The van der Waals surface area contributed by atoms with E-state index in [1.165, 1.54) is 24.2 Å². The molecule has 2 aliphatic heterocycles. The summed E-state index contributed by atoms with van der Waals surface area (Å²) in [6, 6.07) is 9.63. The molecule has 0 atom stereocenters. The molecule has 2 aromatic heterocycles. The van der Waals surface area contributed by atoms with Gasteiger partial charge in [0.25, 0.3) is 0 Å². The SMILES string of the molecule is O=C(O)c1ccn(C(=O)N2CCC3(CCN(Cc4cccc(-c5cncnc5)c4)C3)CC2)n1. The number of carbonyl (C=O) groups excluding carboxylic acids is 1. The monoisotopic (exact) mass is 446 g/mol. The van der Waals surface area contributed by atoms with E-state index in [0.717, 1.165) is 54.7 Å². The van der Waals surface area contributed by atoms with Crippen LogP contribution < -0.4 is 0 Å². The third kappa shape index (κ3) is 4.49. The maximum absolute atomic E-state index is 12.7. The van der Waals surface area contributed by atoms with Crippen molar-refractivity contribution < 1.29 is 14.7 Å². The molecule has 33 heavy (non-hydrogen) atoms. The van der Waals surface area contributed by atoms with Gasteiger partial charge < -0.3 is 10.0 Å². The average molecular weight is 447 g/mol. The third-order valence-electron chi connectivity index (χ3n) is 6.84. The Hall–Kier alpha value is -3.59. The zero-order valence-corrected chi connectivity index (χ0v) is 18.3. The molecule has 1 spiro atoms. The van der Waals surface area contributed by atoms with Gasteiger partial charge in [-0.3, -0.25) is 4.90 Å². The first-order valence-corrected chi connectivity index (χ1v) is 11.2. The zero-order chi connectivity index (χ0) is 22.8. The summed E-state index contributed by atoms with van der Waals surface area (Å²) in [5.41, 5.74) is 3.53. The number of carboxylic acids is 1. The molecule has 9 heteroatoms. The van der Waals surface area contributed by atoms with Crippen LogP contribution in [0.3, 0.4) is 0 Å². The van der Waals surface area contributed by atoms with Gasteiger partial charge in [0.15, 0.2) is 5.69 Å². The molecule has 0 radical (unpaired) electrons. The van der Waals surface area contributed by atoms with Gasteiger partial charge in [-0.05, 0) is 54.5 Å². The smallest absolute Gasteiger partial charge is 0.356 e. The quantitative estimate of drug-likeness (QED) is 0.657. The Balaban J connectivity index is 1.18. The summed E-state index contributed by atoms with van der Waals surface area (Å²) in [5, 5.41) is 12.9. The molecule has 0 unspecified atom stereocenters. The van der Waals surface area contributed by atoms with Crippen molar-refractivity contribution in [2.24, 2.45) is 5.41 Å². The third-order valence-corrected chi connectivity index (χ3v) is 6.84. The highest BCUT2D eigenvalue weighted by Gasteiger charge is 2.41. The first-order valence-electron chi connectivity index (χ1n) is 11.2. The number of rotatable bonds is 4. The van der Waals surface area contributed by atoms with Crippen LogP contribution in [0.25, 0.3) is 11.1 Å². The molecule has 2 aliphatic rings. The van der Waals surface area contributed by atoms with Crippen LogP contribution >= 0.6 is 0 Å². The number of carboxylic acid groups (broad SMARTS) is 1. The van der Waals surface area contributed by atoms with Gasteiger partial charge in [-0.15, -0.1) is 0 Å². The van der Waals surface area contributed by atoms with Gasteiger partial charge in [0.2, 0.25) is 0 Å². The van der Waals surface area contributed by atoms with E-state index < -0.39 is 5.97 Å². The van der Waals surface area contributed by atoms with E-state index >= 15 is 0 Å². The second kappa shape index (κ2) is 8.74. The summed E-state index contributed by atoms with van der Waals surface area (Å²) in [5.74, 6) is -1.13. The normalized spacial score (nSPS) is 18.0. The van der Waals surface area contributed by atoms with Gasteiger partial charge in [-0.25, -0.2) is 19.6 Å². The number of likely N-dealkylation sites (tertiary alicyclic amines) is 2. The second-order valence-electron chi connectivity index (χ2n) is 9.01. The highest BCUT2D eigenvalue weighted by atomic mass is 16.4. The highest BCUT2D eigenvalue weighted by molar-refractivity contribution is 5.86. The minimum absolute atomic E-state index is 0.118. The molecular formula is C24H26N6O3. The number of nitrogens with zero attached hydrogens (tertiary/aromatic N) is 6. The Morgan fingerprint density at radius 3 is 2.48 bits per heavy atom. The van der Waals surface area contributed by atoms with Crippen molar-refractivity contribution >= 4 is 12.0 Å². The van der Waals surface area contributed by atoms with Crippen LogP contribution in [0.1, 0.15) is 35.3 Å². The Bertz CT molecular complexity index is 1150. The second-order valence-corrected chi connectivity index (χ2v) is 9.01.